The fourth-order valence-electron chi connectivity index (χ4n) is 10.6. The van der Waals surface area contributed by atoms with Gasteiger partial charge in [-0.2, -0.15) is 0 Å². The van der Waals surface area contributed by atoms with Gasteiger partial charge in [-0.3, -0.25) is 37.3 Å². The highest BCUT2D eigenvalue weighted by atomic mass is 31.2. The average molecular weight is 1430 g/mol. The van der Waals surface area contributed by atoms with Crippen LogP contribution in [0.3, 0.4) is 0 Å². The van der Waals surface area contributed by atoms with Crippen LogP contribution in [0.15, 0.2) is 72.9 Å². The zero-order chi connectivity index (χ0) is 71.8. The SMILES string of the molecule is CCCCCC=CCC=CCCCCCCCC(=O)OC[C@H](COP(=O)(O)OCC(O)COP(=O)(O)OC[C@@H](COC(=O)CCCCCCCC=CCCCCCCCC)OC(=O)CCCCCCCC=CCCCCCC)OC(=O)CCCCCCCC=CCC=CCCCCC. The number of carbonyl (C=O) groups excluding carboxylic acids is 4. The minimum absolute atomic E-state index is 0.0778. The first-order valence-electron chi connectivity index (χ1n) is 39.2. The van der Waals surface area contributed by atoms with Crippen LogP contribution in [0, 0.1) is 0 Å². The number of allylic oxidation sites excluding steroid dienone is 12. The Bertz CT molecular complexity index is 2140. The van der Waals surface area contributed by atoms with Crippen LogP contribution in [-0.2, 0) is 65.4 Å². The normalized spacial score (nSPS) is 14.3. The molecule has 0 saturated carbocycles. The molecule has 0 heterocycles. The van der Waals surface area contributed by atoms with Crippen molar-refractivity contribution in [3.8, 4) is 0 Å². The molecular weight excluding hydrogens is 1280 g/mol. The number of phosphoric ester groups is 2. The quantitative estimate of drug-likeness (QED) is 0.0169. The summed E-state index contributed by atoms with van der Waals surface area (Å²) in [5.41, 5.74) is 0. The summed E-state index contributed by atoms with van der Waals surface area (Å²) in [4.78, 5) is 72.9. The lowest BCUT2D eigenvalue weighted by Gasteiger charge is -2.21. The van der Waals surface area contributed by atoms with Gasteiger partial charge < -0.3 is 33.8 Å². The fraction of sp³-hybridized carbons (Fsp3) is 0.797. The number of aliphatic hydroxyl groups excluding tert-OH is 1. The maximum absolute atomic E-state index is 13.1. The molecule has 19 heteroatoms. The predicted molar refractivity (Wildman–Crippen MR) is 400 cm³/mol. The number of phosphoric acid groups is 2. The van der Waals surface area contributed by atoms with Crippen molar-refractivity contribution in [2.75, 3.05) is 39.6 Å². The van der Waals surface area contributed by atoms with E-state index in [0.717, 1.165) is 167 Å². The number of rotatable bonds is 74. The summed E-state index contributed by atoms with van der Waals surface area (Å²) < 4.78 is 68.5. The molecule has 0 radical (unpaired) electrons. The highest BCUT2D eigenvalue weighted by molar-refractivity contribution is 7.47. The van der Waals surface area contributed by atoms with Crippen LogP contribution in [0.25, 0.3) is 0 Å². The molecule has 0 aliphatic rings. The topological polar surface area (TPSA) is 237 Å². The first kappa shape index (κ1) is 94.5. The van der Waals surface area contributed by atoms with Crippen molar-refractivity contribution >= 4 is 39.5 Å². The number of aliphatic hydroxyl groups is 1. The second-order valence-electron chi connectivity index (χ2n) is 26.3. The first-order valence-corrected chi connectivity index (χ1v) is 42.2. The van der Waals surface area contributed by atoms with Crippen LogP contribution in [-0.4, -0.2) is 96.7 Å². The number of unbranched alkanes of at least 4 members (excludes halogenated alkanes) is 36. The predicted octanol–water partition coefficient (Wildman–Crippen LogP) is 22.4. The largest absolute Gasteiger partial charge is 0.472 e. The molecule has 0 amide bonds. The molecule has 0 aromatic carbocycles. The lowest BCUT2D eigenvalue weighted by atomic mass is 10.1. The maximum atomic E-state index is 13.1. The number of esters is 4. The van der Waals surface area contributed by atoms with Gasteiger partial charge in [-0.1, -0.05) is 255 Å². The lowest BCUT2D eigenvalue weighted by Crippen LogP contribution is -2.30. The number of hydrogen-bond acceptors (Lipinski definition) is 15. The van der Waals surface area contributed by atoms with Gasteiger partial charge >= 0.3 is 39.5 Å². The van der Waals surface area contributed by atoms with Gasteiger partial charge in [0.15, 0.2) is 12.2 Å². The molecule has 0 aromatic rings. The zero-order valence-electron chi connectivity index (χ0n) is 62.2. The van der Waals surface area contributed by atoms with Crippen molar-refractivity contribution in [3.05, 3.63) is 72.9 Å². The van der Waals surface area contributed by atoms with Gasteiger partial charge in [0.1, 0.15) is 19.3 Å². The van der Waals surface area contributed by atoms with Gasteiger partial charge in [-0.25, -0.2) is 9.13 Å². The van der Waals surface area contributed by atoms with Crippen molar-refractivity contribution < 1.29 is 80.2 Å². The Kier molecular flexibility index (Phi) is 69.3. The van der Waals surface area contributed by atoms with E-state index >= 15 is 0 Å². The second-order valence-corrected chi connectivity index (χ2v) is 29.2. The van der Waals surface area contributed by atoms with E-state index in [1.54, 1.807) is 0 Å². The van der Waals surface area contributed by atoms with E-state index in [-0.39, 0.29) is 25.7 Å². The standard InChI is InChI=1S/C79H142O17P2/c1-5-9-13-17-21-25-29-33-36-40-43-47-51-55-59-63-76(81)89-69-74(95-78(83)65-61-57-53-49-45-39-32-28-24-20-16-12-8-4)71-93-97(85,86)91-67-73(80)68-92-98(87,88)94-72-75(96-79(84)66-62-58-54-50-46-42-38-35-31-27-23-19-15-11-7-3)70-90-77(82)64-60-56-52-48-44-41-37-34-30-26-22-18-14-10-6-2/h22-23,26-28,32-38,73-75,80H,5-21,24-25,29-31,39-72H2,1-4H3,(H,85,86)(H,87,88)/t73?,74-,75-/m1/s1. The van der Waals surface area contributed by atoms with Crippen molar-refractivity contribution in [1.82, 2.24) is 0 Å². The molecule has 98 heavy (non-hydrogen) atoms. The van der Waals surface area contributed by atoms with Crippen LogP contribution in [0.5, 0.6) is 0 Å². The number of hydrogen-bond donors (Lipinski definition) is 3. The van der Waals surface area contributed by atoms with Crippen molar-refractivity contribution in [2.24, 2.45) is 0 Å². The van der Waals surface area contributed by atoms with E-state index in [1.807, 2.05) is 0 Å². The molecule has 3 N–H and O–H groups in total. The van der Waals surface area contributed by atoms with Gasteiger partial charge in [0.2, 0.25) is 0 Å². The Morgan fingerprint density at radius 3 is 0.796 bits per heavy atom. The van der Waals surface area contributed by atoms with E-state index in [9.17, 15) is 43.2 Å². The minimum Gasteiger partial charge on any atom is -0.462 e. The molecule has 0 aliphatic heterocycles. The van der Waals surface area contributed by atoms with Gasteiger partial charge in [-0.15, -0.1) is 0 Å². The molecule has 0 saturated heterocycles. The molecule has 3 unspecified atom stereocenters. The monoisotopic (exact) mass is 1420 g/mol. The van der Waals surface area contributed by atoms with E-state index in [1.165, 1.54) is 103 Å². The smallest absolute Gasteiger partial charge is 0.462 e. The molecule has 0 spiro atoms. The first-order chi connectivity index (χ1) is 47.7. The highest BCUT2D eigenvalue weighted by Gasteiger charge is 2.30. The maximum Gasteiger partial charge on any atom is 0.472 e. The Balaban J connectivity index is 5.36. The third kappa shape index (κ3) is 70.9. The van der Waals surface area contributed by atoms with Gasteiger partial charge in [0.05, 0.1) is 26.4 Å². The van der Waals surface area contributed by atoms with Crippen LogP contribution in [0.2, 0.25) is 0 Å². The summed E-state index contributed by atoms with van der Waals surface area (Å²) >= 11 is 0. The van der Waals surface area contributed by atoms with E-state index in [4.69, 9.17) is 37.0 Å². The van der Waals surface area contributed by atoms with Gasteiger partial charge in [0, 0.05) is 25.7 Å². The number of ether oxygens (including phenoxy) is 4. The zero-order valence-corrected chi connectivity index (χ0v) is 64.0. The molecule has 0 bridgehead atoms. The lowest BCUT2D eigenvalue weighted by molar-refractivity contribution is -0.161. The molecule has 5 atom stereocenters. The molecule has 0 aromatic heterocycles. The van der Waals surface area contributed by atoms with E-state index in [0.29, 0.717) is 25.7 Å². The molecule has 0 aliphatic carbocycles. The molecule has 17 nitrogen and oxygen atoms in total. The molecule has 0 fully saturated rings. The van der Waals surface area contributed by atoms with Crippen molar-refractivity contribution in [1.29, 1.82) is 0 Å². The Morgan fingerprint density at radius 1 is 0.286 bits per heavy atom. The van der Waals surface area contributed by atoms with Crippen molar-refractivity contribution in [2.45, 2.75) is 367 Å². The Labute approximate surface area is 596 Å². The second kappa shape index (κ2) is 71.9. The molecule has 0 rings (SSSR count). The molecular formula is C79H142O17P2. The minimum atomic E-state index is -4.98. The summed E-state index contributed by atoms with van der Waals surface area (Å²) in [6, 6.07) is 0. The molecule has 570 valence electrons. The third-order valence-corrected chi connectivity index (χ3v) is 18.5. The van der Waals surface area contributed by atoms with Crippen molar-refractivity contribution in [3.63, 3.8) is 0 Å². The van der Waals surface area contributed by atoms with E-state index < -0.39 is 97.5 Å². The Hall–Kier alpha value is -3.50. The van der Waals surface area contributed by atoms with Gasteiger partial charge in [0.25, 0.3) is 0 Å². The van der Waals surface area contributed by atoms with Crippen LogP contribution in [0.4, 0.5) is 0 Å². The van der Waals surface area contributed by atoms with E-state index in [2.05, 4.69) is 101 Å². The van der Waals surface area contributed by atoms with Crippen LogP contribution < -0.4 is 0 Å². The summed E-state index contributed by atoms with van der Waals surface area (Å²) in [6.45, 7) is 4.80. The summed E-state index contributed by atoms with van der Waals surface area (Å²) in [5.74, 6) is -2.20. The highest BCUT2D eigenvalue weighted by Crippen LogP contribution is 2.45. The Morgan fingerprint density at radius 2 is 0.500 bits per heavy atom. The van der Waals surface area contributed by atoms with Gasteiger partial charge in [-0.05, 0) is 141 Å². The summed E-state index contributed by atoms with van der Waals surface area (Å²) in [7, 11) is -9.95. The summed E-state index contributed by atoms with van der Waals surface area (Å²) in [5, 5.41) is 10.6. The fourth-order valence-corrected chi connectivity index (χ4v) is 12.1. The average Bonchev–Trinajstić information content (AvgIpc) is 1.04. The number of carbonyl (C=O) groups is 4. The van der Waals surface area contributed by atoms with Crippen LogP contribution >= 0.6 is 15.6 Å². The third-order valence-electron chi connectivity index (χ3n) is 16.6. The summed E-state index contributed by atoms with van der Waals surface area (Å²) in [6.07, 6.45) is 71.6. The van der Waals surface area contributed by atoms with Crippen LogP contribution in [0.1, 0.15) is 349 Å².